The molecular formula is CH3NaOS. The van der Waals surface area contributed by atoms with Crippen LogP contribution in [0.1, 0.15) is 0 Å². The average Bonchev–Trinajstić information content (AvgIpc) is 0.918. The summed E-state index contributed by atoms with van der Waals surface area (Å²) in [6.07, 6.45) is 0. The van der Waals surface area contributed by atoms with Gasteiger partial charge in [0.2, 0.25) is 0 Å². The predicted octanol–water partition coefficient (Wildman–Crippen LogP) is -0.542. The molecule has 0 aliphatic carbocycles. The Bertz CT molecular complexity index is 15.5. The first-order chi connectivity index (χ1) is 1.41. The van der Waals surface area contributed by atoms with E-state index in [1.807, 2.05) is 0 Å². The maximum absolute atomic E-state index is 8.67. The van der Waals surface area contributed by atoms with Crippen LogP contribution in [0.5, 0.6) is 0 Å². The van der Waals surface area contributed by atoms with Crippen molar-refractivity contribution in [3.8, 4) is 0 Å². The summed E-state index contributed by atoms with van der Waals surface area (Å²) < 4.78 is 0. The summed E-state index contributed by atoms with van der Waals surface area (Å²) in [6, 6.07) is 0. The van der Waals surface area contributed by atoms with Gasteiger partial charge < -0.3 is 0 Å². The third-order valence-corrected chi connectivity index (χ3v) is 0. The van der Waals surface area contributed by atoms with Gasteiger partial charge in [-0.3, -0.25) is 4.79 Å². The summed E-state index contributed by atoms with van der Waals surface area (Å²) in [7, 11) is 0. The van der Waals surface area contributed by atoms with Gasteiger partial charge in [-0.05, 0) is 0 Å². The molecule has 0 aliphatic rings. The Morgan fingerprint density at radius 2 is 1.75 bits per heavy atom. The van der Waals surface area contributed by atoms with E-state index in [9.17, 15) is 0 Å². The van der Waals surface area contributed by atoms with Gasteiger partial charge in [-0.1, -0.05) is 0 Å². The number of thiol groups is 1. The van der Waals surface area contributed by atoms with Crippen molar-refractivity contribution in [3.05, 3.63) is 0 Å². The molecule has 0 rings (SSSR count). The first kappa shape index (κ1) is 8.89. The molecule has 0 saturated heterocycles. The average molecular weight is 86.1 g/mol. The summed E-state index contributed by atoms with van der Waals surface area (Å²) in [4.78, 5) is 8.67. The van der Waals surface area contributed by atoms with Crippen LogP contribution in [0.4, 0.5) is 0 Å². The molecule has 0 aromatic carbocycles. The molecule has 0 atom stereocenters. The van der Waals surface area contributed by atoms with Gasteiger partial charge in [0, 0.05) is 0 Å². The molecule has 0 aromatic rings. The van der Waals surface area contributed by atoms with Crippen molar-refractivity contribution in [1.29, 1.82) is 0 Å². The summed E-state index contributed by atoms with van der Waals surface area (Å²) in [5.74, 6) is 0. The van der Waals surface area contributed by atoms with Crippen LogP contribution in [-0.4, -0.2) is 35.2 Å². The summed E-state index contributed by atoms with van der Waals surface area (Å²) >= 11 is 3.11. The summed E-state index contributed by atoms with van der Waals surface area (Å²) in [6.45, 7) is 0. The van der Waals surface area contributed by atoms with Crippen molar-refractivity contribution in [1.82, 2.24) is 0 Å². The standard InChI is InChI=1S/CH2OS.Na.H/c2-1-3;;/h1H,(H,2,3);;. The Morgan fingerprint density at radius 1 is 1.75 bits per heavy atom. The number of carbonyl (C=O) groups excluding carboxylic acids is 1. The fourth-order valence-electron chi connectivity index (χ4n) is 0. The van der Waals surface area contributed by atoms with Crippen LogP contribution < -0.4 is 0 Å². The minimum atomic E-state index is 0. The number of rotatable bonds is 0. The van der Waals surface area contributed by atoms with E-state index >= 15 is 0 Å². The summed E-state index contributed by atoms with van der Waals surface area (Å²) in [5.41, 5.74) is 0.444. The molecule has 0 bridgehead atoms. The van der Waals surface area contributed by atoms with Crippen molar-refractivity contribution in [2.75, 3.05) is 0 Å². The van der Waals surface area contributed by atoms with Crippen LogP contribution >= 0.6 is 12.6 Å². The molecule has 0 spiro atoms. The maximum atomic E-state index is 8.67. The zero-order valence-electron chi connectivity index (χ0n) is 1.43. The first-order valence-electron chi connectivity index (χ1n) is 0.494. The second-order valence-electron chi connectivity index (χ2n) is 0.105. The van der Waals surface area contributed by atoms with E-state index in [2.05, 4.69) is 12.6 Å². The molecule has 0 aliphatic heterocycles. The summed E-state index contributed by atoms with van der Waals surface area (Å²) in [5, 5.41) is 0. The van der Waals surface area contributed by atoms with Crippen LogP contribution in [0.25, 0.3) is 0 Å². The van der Waals surface area contributed by atoms with Gasteiger partial charge >= 0.3 is 29.6 Å². The van der Waals surface area contributed by atoms with Crippen LogP contribution in [-0.2, 0) is 4.79 Å². The quantitative estimate of drug-likeness (QED) is 0.238. The van der Waals surface area contributed by atoms with Crippen LogP contribution in [0, 0.1) is 0 Å². The predicted molar refractivity (Wildman–Crippen MR) is 22.9 cm³/mol. The van der Waals surface area contributed by atoms with E-state index in [1.165, 1.54) is 0 Å². The van der Waals surface area contributed by atoms with E-state index in [0.29, 0.717) is 5.62 Å². The Hall–Kier alpha value is 1.02. The Labute approximate surface area is 52.5 Å². The third kappa shape index (κ3) is 11.8. The van der Waals surface area contributed by atoms with Gasteiger partial charge in [-0.15, -0.1) is 12.6 Å². The second kappa shape index (κ2) is 8.99. The molecule has 0 fully saturated rings. The normalized spacial score (nSPS) is 3.25. The van der Waals surface area contributed by atoms with E-state index in [0.717, 1.165) is 0 Å². The van der Waals surface area contributed by atoms with Crippen molar-refractivity contribution in [2.45, 2.75) is 0 Å². The van der Waals surface area contributed by atoms with E-state index in [-0.39, 0.29) is 29.6 Å². The molecule has 0 amide bonds. The minimum absolute atomic E-state index is 0. The number of carbonyl (C=O) groups is 1. The Morgan fingerprint density at radius 3 is 1.75 bits per heavy atom. The monoisotopic (exact) mass is 86.0 g/mol. The van der Waals surface area contributed by atoms with Gasteiger partial charge in [0.05, 0.1) is 0 Å². The van der Waals surface area contributed by atoms with Gasteiger partial charge in [-0.25, -0.2) is 0 Å². The molecule has 0 heterocycles. The van der Waals surface area contributed by atoms with E-state index < -0.39 is 0 Å². The Balaban J connectivity index is 0. The van der Waals surface area contributed by atoms with Gasteiger partial charge in [0.15, 0.2) is 5.62 Å². The molecule has 0 saturated carbocycles. The molecule has 0 N–H and O–H groups in total. The second-order valence-corrected chi connectivity index (χ2v) is 0.316. The molecule has 20 valence electrons. The molecule has 4 heavy (non-hydrogen) atoms. The topological polar surface area (TPSA) is 17.1 Å². The molecule has 3 heteroatoms. The molecule has 0 unspecified atom stereocenters. The first-order valence-corrected chi connectivity index (χ1v) is 1.01. The van der Waals surface area contributed by atoms with Crippen molar-refractivity contribution >= 4 is 47.8 Å². The SMILES string of the molecule is O=CS.[NaH]. The molecule has 0 radical (unpaired) electrons. The zero-order chi connectivity index (χ0) is 2.71. The fraction of sp³-hybridized carbons (Fsp3) is 0. The van der Waals surface area contributed by atoms with E-state index in [4.69, 9.17) is 4.79 Å². The molecule has 1 nitrogen and oxygen atoms in total. The fourth-order valence-corrected chi connectivity index (χ4v) is 0. The zero-order valence-corrected chi connectivity index (χ0v) is 2.33. The molecule has 0 aromatic heterocycles. The van der Waals surface area contributed by atoms with Gasteiger partial charge in [0.25, 0.3) is 0 Å². The van der Waals surface area contributed by atoms with Crippen molar-refractivity contribution < 1.29 is 4.79 Å². The number of hydrogen-bond donors (Lipinski definition) is 1. The van der Waals surface area contributed by atoms with Gasteiger partial charge in [-0.2, -0.15) is 0 Å². The van der Waals surface area contributed by atoms with Crippen molar-refractivity contribution in [3.63, 3.8) is 0 Å². The van der Waals surface area contributed by atoms with Gasteiger partial charge in [0.1, 0.15) is 0 Å². The number of hydrogen-bond acceptors (Lipinski definition) is 1. The Kier molecular flexibility index (Phi) is 20.0. The van der Waals surface area contributed by atoms with Crippen LogP contribution in [0.15, 0.2) is 0 Å². The van der Waals surface area contributed by atoms with Crippen molar-refractivity contribution in [2.24, 2.45) is 0 Å². The van der Waals surface area contributed by atoms with E-state index in [1.54, 1.807) is 0 Å². The van der Waals surface area contributed by atoms with Crippen LogP contribution in [0.3, 0.4) is 0 Å². The van der Waals surface area contributed by atoms with Crippen LogP contribution in [0.2, 0.25) is 0 Å². The molecular weight excluding hydrogens is 83.1 g/mol. The third-order valence-electron chi connectivity index (χ3n) is 0.